The molecular formula is C14H20N2O. The van der Waals surface area contributed by atoms with Crippen LogP contribution >= 0.6 is 0 Å². The van der Waals surface area contributed by atoms with Crippen LogP contribution in [0.3, 0.4) is 0 Å². The summed E-state index contributed by atoms with van der Waals surface area (Å²) in [5.74, 6) is 0.0316. The van der Waals surface area contributed by atoms with Gasteiger partial charge in [0.2, 0.25) is 0 Å². The van der Waals surface area contributed by atoms with E-state index < -0.39 is 0 Å². The average molecular weight is 232 g/mol. The molecule has 1 aromatic carbocycles. The van der Waals surface area contributed by atoms with Gasteiger partial charge in [-0.15, -0.1) is 0 Å². The minimum atomic E-state index is 0.0316. The third-order valence-corrected chi connectivity index (χ3v) is 2.54. The number of nitrogens with zero attached hydrogens (tertiary/aromatic N) is 1. The van der Waals surface area contributed by atoms with Crippen LogP contribution in [-0.2, 0) is 0 Å². The molecule has 3 heteroatoms. The molecule has 2 rings (SSSR count). The maximum atomic E-state index is 11.7. The number of aryl methyl sites for hydroxylation is 1. The number of hydrogen-bond donors (Lipinski definition) is 1. The molecule has 0 saturated carbocycles. The Morgan fingerprint density at radius 2 is 1.88 bits per heavy atom. The molecule has 0 bridgehead atoms. The van der Waals surface area contributed by atoms with Crippen molar-refractivity contribution in [1.29, 1.82) is 0 Å². The normalized spacial score (nSPS) is 9.71. The molecule has 0 saturated heterocycles. The minimum absolute atomic E-state index is 0.0316. The van der Waals surface area contributed by atoms with Crippen molar-refractivity contribution in [3.05, 3.63) is 35.5 Å². The van der Waals surface area contributed by atoms with E-state index in [1.807, 2.05) is 45.2 Å². The number of benzene rings is 1. The molecule has 0 spiro atoms. The second-order valence-corrected chi connectivity index (χ2v) is 3.93. The Labute approximate surface area is 102 Å². The summed E-state index contributed by atoms with van der Waals surface area (Å²) in [5, 5.41) is 1.17. The summed E-state index contributed by atoms with van der Waals surface area (Å²) in [4.78, 5) is 16.4. The van der Waals surface area contributed by atoms with Gasteiger partial charge in [-0.1, -0.05) is 19.9 Å². The molecule has 0 aliphatic rings. The number of carbonyl (C=O) groups excluding carboxylic acids is 1. The quantitative estimate of drug-likeness (QED) is 0.805. The van der Waals surface area contributed by atoms with Gasteiger partial charge in [0.15, 0.2) is 0 Å². The zero-order valence-corrected chi connectivity index (χ0v) is 11.2. The summed E-state index contributed by atoms with van der Waals surface area (Å²) in [6.07, 6.45) is 1.95. The number of H-pyrrole nitrogens is 1. The standard InChI is InChI=1S/C12H14N2O.C2H6/c1-8-7-13-11-6-9(4-5-10(8)11)12(15)14(2)3;1-2/h4-7,13H,1-3H3;1-2H3. The molecule has 0 fully saturated rings. The zero-order valence-electron chi connectivity index (χ0n) is 11.2. The molecule has 0 aliphatic heterocycles. The first-order valence-electron chi connectivity index (χ1n) is 5.89. The lowest BCUT2D eigenvalue weighted by Crippen LogP contribution is -2.21. The van der Waals surface area contributed by atoms with Gasteiger partial charge in [-0.3, -0.25) is 4.79 Å². The fourth-order valence-corrected chi connectivity index (χ4v) is 1.66. The number of carbonyl (C=O) groups is 1. The molecular weight excluding hydrogens is 212 g/mol. The van der Waals surface area contributed by atoms with Gasteiger partial charge in [-0.2, -0.15) is 0 Å². The van der Waals surface area contributed by atoms with Gasteiger partial charge in [0.25, 0.3) is 5.91 Å². The van der Waals surface area contributed by atoms with E-state index in [1.165, 1.54) is 10.9 Å². The highest BCUT2D eigenvalue weighted by molar-refractivity contribution is 5.98. The lowest BCUT2D eigenvalue weighted by molar-refractivity contribution is 0.0828. The van der Waals surface area contributed by atoms with Crippen molar-refractivity contribution in [1.82, 2.24) is 9.88 Å². The van der Waals surface area contributed by atoms with E-state index in [4.69, 9.17) is 0 Å². The van der Waals surface area contributed by atoms with Gasteiger partial charge in [-0.25, -0.2) is 0 Å². The van der Waals surface area contributed by atoms with Gasteiger partial charge in [0.1, 0.15) is 0 Å². The second-order valence-electron chi connectivity index (χ2n) is 3.93. The molecule has 1 N–H and O–H groups in total. The Bertz CT molecular complexity index is 512. The van der Waals surface area contributed by atoms with Crippen LogP contribution < -0.4 is 0 Å². The number of rotatable bonds is 1. The Kier molecular flexibility index (Phi) is 4.32. The van der Waals surface area contributed by atoms with Crippen LogP contribution in [0.25, 0.3) is 10.9 Å². The molecule has 1 amide bonds. The topological polar surface area (TPSA) is 36.1 Å². The molecule has 0 unspecified atom stereocenters. The van der Waals surface area contributed by atoms with Gasteiger partial charge < -0.3 is 9.88 Å². The minimum Gasteiger partial charge on any atom is -0.361 e. The summed E-state index contributed by atoms with van der Waals surface area (Å²) in [6.45, 7) is 6.05. The highest BCUT2D eigenvalue weighted by Gasteiger charge is 2.09. The summed E-state index contributed by atoms with van der Waals surface area (Å²) >= 11 is 0. The van der Waals surface area contributed by atoms with Gasteiger partial charge in [-0.05, 0) is 24.6 Å². The van der Waals surface area contributed by atoms with Crippen molar-refractivity contribution in [2.45, 2.75) is 20.8 Å². The number of hydrogen-bond acceptors (Lipinski definition) is 1. The number of nitrogens with one attached hydrogen (secondary N) is 1. The molecule has 92 valence electrons. The van der Waals surface area contributed by atoms with E-state index in [9.17, 15) is 4.79 Å². The summed E-state index contributed by atoms with van der Waals surface area (Å²) in [5.41, 5.74) is 2.93. The van der Waals surface area contributed by atoms with Crippen LogP contribution in [0, 0.1) is 6.92 Å². The van der Waals surface area contributed by atoms with Crippen molar-refractivity contribution in [2.75, 3.05) is 14.1 Å². The Hall–Kier alpha value is -1.77. The first-order valence-corrected chi connectivity index (χ1v) is 5.89. The summed E-state index contributed by atoms with van der Waals surface area (Å²) < 4.78 is 0. The summed E-state index contributed by atoms with van der Waals surface area (Å²) in [7, 11) is 3.51. The first kappa shape index (κ1) is 13.3. The monoisotopic (exact) mass is 232 g/mol. The molecule has 1 heterocycles. The van der Waals surface area contributed by atoms with Crippen molar-refractivity contribution in [3.8, 4) is 0 Å². The van der Waals surface area contributed by atoms with Gasteiger partial charge in [0, 0.05) is 36.8 Å². The maximum Gasteiger partial charge on any atom is 0.253 e. The Balaban J connectivity index is 0.000000686. The molecule has 0 aliphatic carbocycles. The second kappa shape index (κ2) is 5.53. The highest BCUT2D eigenvalue weighted by Crippen LogP contribution is 2.19. The van der Waals surface area contributed by atoms with E-state index >= 15 is 0 Å². The smallest absolute Gasteiger partial charge is 0.253 e. The Morgan fingerprint density at radius 1 is 1.24 bits per heavy atom. The summed E-state index contributed by atoms with van der Waals surface area (Å²) in [6, 6.07) is 5.74. The first-order chi connectivity index (χ1) is 8.09. The van der Waals surface area contributed by atoms with Crippen LogP contribution in [0.5, 0.6) is 0 Å². The van der Waals surface area contributed by atoms with E-state index in [1.54, 1.807) is 19.0 Å². The van der Waals surface area contributed by atoms with Crippen molar-refractivity contribution < 1.29 is 4.79 Å². The SMILES string of the molecule is CC.Cc1c[nH]c2cc(C(=O)N(C)C)ccc12. The third-order valence-electron chi connectivity index (χ3n) is 2.54. The van der Waals surface area contributed by atoms with Crippen LogP contribution in [0.2, 0.25) is 0 Å². The highest BCUT2D eigenvalue weighted by atomic mass is 16.2. The Morgan fingerprint density at radius 3 is 2.47 bits per heavy atom. The number of amides is 1. The van der Waals surface area contributed by atoms with E-state index in [2.05, 4.69) is 4.98 Å². The molecule has 0 atom stereocenters. The van der Waals surface area contributed by atoms with Crippen LogP contribution in [-0.4, -0.2) is 29.9 Å². The molecule has 1 aromatic heterocycles. The lowest BCUT2D eigenvalue weighted by Gasteiger charge is -2.09. The molecule has 2 aromatic rings. The molecule has 3 nitrogen and oxygen atoms in total. The largest absolute Gasteiger partial charge is 0.361 e. The number of aromatic amines is 1. The van der Waals surface area contributed by atoms with Gasteiger partial charge in [0.05, 0.1) is 0 Å². The van der Waals surface area contributed by atoms with Gasteiger partial charge >= 0.3 is 0 Å². The predicted molar refractivity (Wildman–Crippen MR) is 72.4 cm³/mol. The predicted octanol–water partition coefficient (Wildman–Crippen LogP) is 3.20. The van der Waals surface area contributed by atoms with E-state index in [0.29, 0.717) is 5.56 Å². The fourth-order valence-electron chi connectivity index (χ4n) is 1.66. The van der Waals surface area contributed by atoms with Crippen molar-refractivity contribution >= 4 is 16.8 Å². The van der Waals surface area contributed by atoms with Crippen LogP contribution in [0.1, 0.15) is 29.8 Å². The van der Waals surface area contributed by atoms with Crippen molar-refractivity contribution in [3.63, 3.8) is 0 Å². The number of aromatic nitrogens is 1. The zero-order chi connectivity index (χ0) is 13.0. The molecule has 0 radical (unpaired) electrons. The van der Waals surface area contributed by atoms with Crippen LogP contribution in [0.15, 0.2) is 24.4 Å². The lowest BCUT2D eigenvalue weighted by atomic mass is 10.1. The maximum absolute atomic E-state index is 11.7. The van der Waals surface area contributed by atoms with E-state index in [0.717, 1.165) is 5.52 Å². The number of fused-ring (bicyclic) bond motifs is 1. The third kappa shape index (κ3) is 2.67. The van der Waals surface area contributed by atoms with Crippen LogP contribution in [0.4, 0.5) is 0 Å². The van der Waals surface area contributed by atoms with Crippen molar-refractivity contribution in [2.24, 2.45) is 0 Å². The fraction of sp³-hybridized carbons (Fsp3) is 0.357. The van der Waals surface area contributed by atoms with E-state index in [-0.39, 0.29) is 5.91 Å². The molecule has 17 heavy (non-hydrogen) atoms. The average Bonchev–Trinajstić information content (AvgIpc) is 2.72.